The summed E-state index contributed by atoms with van der Waals surface area (Å²) < 4.78 is 2.42. The van der Waals surface area contributed by atoms with Gasteiger partial charge in [0.1, 0.15) is 0 Å². The molecule has 1 aliphatic carbocycles. The first-order chi connectivity index (χ1) is 51.9. The number of hydrogen-bond acceptors (Lipinski definition) is 2. The van der Waals surface area contributed by atoms with Gasteiger partial charge in [0.25, 0.3) is 0 Å². The van der Waals surface area contributed by atoms with Gasteiger partial charge >= 0.3 is 7.12 Å². The molecule has 1 aliphatic rings. The van der Waals surface area contributed by atoms with Gasteiger partial charge in [-0.25, -0.2) is 0 Å². The lowest BCUT2D eigenvalue weighted by molar-refractivity contribution is 0.426. The Labute approximate surface area is 626 Å². The fraction of sp³-hybridized carbons (Fsp3) is 0.0291. The van der Waals surface area contributed by atoms with E-state index in [1.165, 1.54) is 165 Å². The number of fused-ring (bicyclic) bond motifs is 10. The van der Waals surface area contributed by atoms with E-state index in [1.54, 1.807) is 12.1 Å². The standard InChI is InChI=1S/C50H33N.C26H19BO2.C25H18.2CH4/c1-4-14-34(15-5-1)38-26-30-47-45(32-38)46-33-39(35-16-6-2-7-17-35)27-31-48(46)51(47)40-28-24-37(25-29-40)50-43-22-12-10-20-41(43)49(36-18-8-3-9-19-36)42-21-11-13-23-44(42)50;28-27(29)20-16-14-19(15-17-20)26-23-12-6-4-10-21(23)25(18-8-2-1-3-9-18)22-11-5-7-13-24(22)26;1-3-7-18(8-4-1)20-11-13-22-15-23-14-12-21(17-25(23)24(22)16-20)19-9-5-2-6-10-19;;/h1-33H;1-17,28-29H;1-14,16-17H,15H2;2*1H4. The maximum atomic E-state index is 9.45. The van der Waals surface area contributed by atoms with Gasteiger partial charge in [0, 0.05) is 16.5 Å². The number of benzene rings is 18. The molecule has 0 spiro atoms. The third-order valence-electron chi connectivity index (χ3n) is 21.0. The van der Waals surface area contributed by atoms with Crippen LogP contribution in [0.3, 0.4) is 0 Å². The topological polar surface area (TPSA) is 45.4 Å². The Morgan fingerprint density at radius 1 is 0.206 bits per heavy atom. The molecule has 0 amide bonds. The molecule has 0 saturated heterocycles. The van der Waals surface area contributed by atoms with Gasteiger partial charge in [-0.3, -0.25) is 0 Å². The molecule has 107 heavy (non-hydrogen) atoms. The van der Waals surface area contributed by atoms with E-state index in [2.05, 4.69) is 375 Å². The molecule has 0 unspecified atom stereocenters. The Morgan fingerprint density at radius 2 is 0.439 bits per heavy atom. The van der Waals surface area contributed by atoms with E-state index in [1.807, 2.05) is 18.2 Å². The van der Waals surface area contributed by atoms with Crippen LogP contribution >= 0.6 is 0 Å². The second kappa shape index (κ2) is 29.9. The van der Waals surface area contributed by atoms with Crippen LogP contribution in [0.25, 0.3) is 171 Å². The van der Waals surface area contributed by atoms with Crippen LogP contribution in [0.1, 0.15) is 26.0 Å². The summed E-state index contributed by atoms with van der Waals surface area (Å²) in [6.07, 6.45) is 1.04. The maximum absolute atomic E-state index is 9.45. The van der Waals surface area contributed by atoms with E-state index in [0.717, 1.165) is 23.2 Å². The average molecular weight is 1370 g/mol. The highest BCUT2D eigenvalue weighted by molar-refractivity contribution is 6.58. The summed E-state index contributed by atoms with van der Waals surface area (Å²) in [6, 6.07) is 143. The van der Waals surface area contributed by atoms with Crippen molar-refractivity contribution in [2.24, 2.45) is 0 Å². The lowest BCUT2D eigenvalue weighted by Gasteiger charge is -2.18. The normalized spacial score (nSPS) is 11.3. The minimum Gasteiger partial charge on any atom is -0.423 e. The first-order valence-corrected chi connectivity index (χ1v) is 36.1. The van der Waals surface area contributed by atoms with Gasteiger partial charge in [-0.1, -0.05) is 367 Å². The highest BCUT2D eigenvalue weighted by atomic mass is 16.4. The Morgan fingerprint density at radius 3 is 0.729 bits per heavy atom. The molecule has 19 aromatic rings. The van der Waals surface area contributed by atoms with E-state index < -0.39 is 7.12 Å². The van der Waals surface area contributed by atoms with E-state index in [0.29, 0.717) is 5.46 Å². The summed E-state index contributed by atoms with van der Waals surface area (Å²) in [5.41, 5.74) is 29.4. The lowest BCUT2D eigenvalue weighted by atomic mass is 9.79. The predicted molar refractivity (Wildman–Crippen MR) is 459 cm³/mol. The molecule has 4 heteroatoms. The first kappa shape index (κ1) is 68.2. The summed E-state index contributed by atoms with van der Waals surface area (Å²) in [6.45, 7) is 0. The average Bonchev–Trinajstić information content (AvgIpc) is 1.23. The Bertz CT molecular complexity index is 6100. The van der Waals surface area contributed by atoms with E-state index in [4.69, 9.17) is 0 Å². The minimum atomic E-state index is -1.46. The smallest absolute Gasteiger partial charge is 0.423 e. The number of rotatable bonds is 10. The highest BCUT2D eigenvalue weighted by Gasteiger charge is 2.23. The SMILES string of the molecule is C.C.OB(O)c1ccc(-c2c3ccccc3c(-c3ccccc3)c3ccccc23)cc1.c1ccc(-c2ccc3c(c2)-c2cc(-c4ccccc4)ccc2C3)cc1.c1ccc(-c2ccc3c(c2)c2cc(-c4ccccc4)ccc2n3-c2ccc(-c3c4ccccc4c(-c4ccccc4)c4ccccc34)cc2)cc1. The molecule has 20 rings (SSSR count). The fourth-order valence-electron chi connectivity index (χ4n) is 16.0. The van der Waals surface area contributed by atoms with Crippen molar-refractivity contribution in [1.29, 1.82) is 0 Å². The van der Waals surface area contributed by atoms with E-state index in [-0.39, 0.29) is 14.9 Å². The minimum absolute atomic E-state index is 0. The zero-order chi connectivity index (χ0) is 70.2. The Hall–Kier alpha value is -13.2. The van der Waals surface area contributed by atoms with Crippen molar-refractivity contribution in [3.63, 3.8) is 0 Å². The maximum Gasteiger partial charge on any atom is 0.488 e. The third-order valence-corrected chi connectivity index (χ3v) is 21.0. The molecule has 510 valence electrons. The van der Waals surface area contributed by atoms with Crippen LogP contribution in [-0.4, -0.2) is 21.7 Å². The van der Waals surface area contributed by atoms with Gasteiger partial charge in [-0.2, -0.15) is 0 Å². The van der Waals surface area contributed by atoms with Crippen LogP contribution in [-0.2, 0) is 6.42 Å². The number of nitrogens with zero attached hydrogens (tertiary/aromatic N) is 1. The Balaban J connectivity index is 0.000000133. The van der Waals surface area contributed by atoms with Crippen molar-refractivity contribution in [2.45, 2.75) is 21.3 Å². The van der Waals surface area contributed by atoms with Crippen LogP contribution in [0.5, 0.6) is 0 Å². The molecule has 1 aromatic heterocycles. The second-order valence-electron chi connectivity index (χ2n) is 27.1. The largest absolute Gasteiger partial charge is 0.488 e. The van der Waals surface area contributed by atoms with Crippen LogP contribution in [0.2, 0.25) is 0 Å². The van der Waals surface area contributed by atoms with E-state index in [9.17, 15) is 10.0 Å². The summed E-state index contributed by atoms with van der Waals surface area (Å²) in [5, 5.41) is 31.2. The molecule has 0 fully saturated rings. The number of hydrogen-bond donors (Lipinski definition) is 2. The van der Waals surface area contributed by atoms with E-state index >= 15 is 0 Å². The Kier molecular flexibility index (Phi) is 19.0. The predicted octanol–water partition coefficient (Wildman–Crippen LogP) is 26.6. The molecule has 0 atom stereocenters. The first-order valence-electron chi connectivity index (χ1n) is 36.1. The van der Waals surface area contributed by atoms with Gasteiger partial charge in [0.15, 0.2) is 0 Å². The van der Waals surface area contributed by atoms with Gasteiger partial charge in [0.05, 0.1) is 11.0 Å². The monoisotopic (exact) mass is 1370 g/mol. The zero-order valence-electron chi connectivity index (χ0n) is 57.7. The van der Waals surface area contributed by atoms with Crippen molar-refractivity contribution < 1.29 is 10.0 Å². The van der Waals surface area contributed by atoms with Crippen molar-refractivity contribution in [3.05, 3.63) is 412 Å². The van der Waals surface area contributed by atoms with Crippen molar-refractivity contribution in [3.8, 4) is 106 Å². The molecule has 0 radical (unpaired) electrons. The third kappa shape index (κ3) is 13.0. The van der Waals surface area contributed by atoms with Crippen molar-refractivity contribution in [1.82, 2.24) is 4.57 Å². The fourth-order valence-corrected chi connectivity index (χ4v) is 16.0. The molecule has 0 aliphatic heterocycles. The molecule has 0 saturated carbocycles. The molecule has 1 heterocycles. The highest BCUT2D eigenvalue weighted by Crippen LogP contribution is 2.47. The zero-order valence-corrected chi connectivity index (χ0v) is 57.7. The molecule has 0 bridgehead atoms. The van der Waals surface area contributed by atoms with Crippen LogP contribution in [0.4, 0.5) is 0 Å². The summed E-state index contributed by atoms with van der Waals surface area (Å²) >= 11 is 0. The van der Waals surface area contributed by atoms with Crippen LogP contribution < -0.4 is 5.46 Å². The van der Waals surface area contributed by atoms with Gasteiger partial charge in [-0.05, 0) is 215 Å². The van der Waals surface area contributed by atoms with Crippen LogP contribution in [0, 0.1) is 0 Å². The van der Waals surface area contributed by atoms with Crippen molar-refractivity contribution in [2.75, 3.05) is 0 Å². The quantitative estimate of drug-likeness (QED) is 0.106. The van der Waals surface area contributed by atoms with Gasteiger partial charge < -0.3 is 14.6 Å². The van der Waals surface area contributed by atoms with Gasteiger partial charge in [-0.15, -0.1) is 0 Å². The summed E-state index contributed by atoms with van der Waals surface area (Å²) in [7, 11) is -1.46. The molecule has 2 N–H and O–H groups in total. The lowest BCUT2D eigenvalue weighted by Crippen LogP contribution is -2.29. The van der Waals surface area contributed by atoms with Gasteiger partial charge in [0.2, 0.25) is 0 Å². The molecular weight excluding hydrogens is 1290 g/mol. The summed E-state index contributed by atoms with van der Waals surface area (Å²) in [4.78, 5) is 0. The van der Waals surface area contributed by atoms with Crippen molar-refractivity contribution >= 4 is 77.5 Å². The summed E-state index contributed by atoms with van der Waals surface area (Å²) in [5.74, 6) is 0. The van der Waals surface area contributed by atoms with Crippen LogP contribution in [0.15, 0.2) is 400 Å². The second-order valence-corrected chi connectivity index (χ2v) is 27.1. The molecular formula is C103H78BNO2. The number of aromatic nitrogens is 1. The molecule has 3 nitrogen and oxygen atoms in total. The molecule has 18 aromatic carbocycles.